The Morgan fingerprint density at radius 1 is 1.15 bits per heavy atom. The highest BCUT2D eigenvalue weighted by Crippen LogP contribution is 2.41. The molecule has 1 saturated carbocycles. The second-order valence-electron chi connectivity index (χ2n) is 10.5. The van der Waals surface area contributed by atoms with E-state index >= 15 is 0 Å². The molecule has 1 aromatic carbocycles. The summed E-state index contributed by atoms with van der Waals surface area (Å²) in [5, 5.41) is 16.0. The molecule has 34 heavy (non-hydrogen) atoms. The van der Waals surface area contributed by atoms with Crippen molar-refractivity contribution in [3.05, 3.63) is 35.4 Å². The zero-order chi connectivity index (χ0) is 25.5. The minimum Gasteiger partial charge on any atom is -0.481 e. The summed E-state index contributed by atoms with van der Waals surface area (Å²) in [5.74, 6) is -2.16. The number of nitrogens with one attached hydrogen (secondary N) is 2. The molecule has 1 saturated heterocycles. The van der Waals surface area contributed by atoms with Crippen LogP contribution >= 0.6 is 0 Å². The highest BCUT2D eigenvalue weighted by atomic mass is 19.4. The number of amides is 2. The predicted octanol–water partition coefficient (Wildman–Crippen LogP) is 3.44. The van der Waals surface area contributed by atoms with Crippen molar-refractivity contribution in [1.82, 2.24) is 15.5 Å². The lowest BCUT2D eigenvalue weighted by atomic mass is 9.68. The Hall–Kier alpha value is -2.62. The number of alkyl halides is 3. The number of likely N-dealkylation sites (tertiary alicyclic amines) is 1. The average molecular weight is 484 g/mol. The first-order chi connectivity index (χ1) is 15.6. The molecule has 1 aliphatic carbocycles. The van der Waals surface area contributed by atoms with Crippen molar-refractivity contribution in [2.75, 3.05) is 6.54 Å². The quantitative estimate of drug-likeness (QED) is 0.596. The number of carbonyl (C=O) groups excluding carboxylic acids is 2. The second-order valence-corrected chi connectivity index (χ2v) is 10.5. The monoisotopic (exact) mass is 483 g/mol. The number of halogens is 3. The van der Waals surface area contributed by atoms with E-state index in [1.807, 2.05) is 20.8 Å². The van der Waals surface area contributed by atoms with Crippen molar-refractivity contribution < 1.29 is 32.7 Å². The lowest BCUT2D eigenvalue weighted by molar-refractivity contribution is -0.158. The summed E-state index contributed by atoms with van der Waals surface area (Å²) in [7, 11) is 0. The van der Waals surface area contributed by atoms with Crippen LogP contribution in [-0.4, -0.2) is 58.0 Å². The molecule has 0 radical (unpaired) electrons. The number of hydrogen-bond donors (Lipinski definition) is 3. The highest BCUT2D eigenvalue weighted by molar-refractivity contribution is 5.98. The Morgan fingerprint density at radius 2 is 1.82 bits per heavy atom. The van der Waals surface area contributed by atoms with E-state index < -0.39 is 47.0 Å². The number of carboxylic acids is 1. The van der Waals surface area contributed by atoms with Gasteiger partial charge in [0.05, 0.1) is 11.0 Å². The summed E-state index contributed by atoms with van der Waals surface area (Å²) in [5.41, 5.74) is -2.49. The Bertz CT molecular complexity index is 960. The molecule has 188 valence electrons. The van der Waals surface area contributed by atoms with Gasteiger partial charge < -0.3 is 20.6 Å². The topological polar surface area (TPSA) is 98.7 Å². The van der Waals surface area contributed by atoms with Gasteiger partial charge in [-0.05, 0) is 71.6 Å². The first-order valence-electron chi connectivity index (χ1n) is 11.4. The van der Waals surface area contributed by atoms with Crippen molar-refractivity contribution in [1.29, 1.82) is 0 Å². The summed E-state index contributed by atoms with van der Waals surface area (Å²) in [4.78, 5) is 39.5. The van der Waals surface area contributed by atoms with Crippen LogP contribution in [0.15, 0.2) is 24.3 Å². The van der Waals surface area contributed by atoms with Gasteiger partial charge in [0, 0.05) is 29.7 Å². The molecular formula is C24H32F3N3O4. The van der Waals surface area contributed by atoms with Gasteiger partial charge in [-0.3, -0.25) is 14.4 Å². The zero-order valence-corrected chi connectivity index (χ0v) is 19.8. The molecule has 2 aliphatic rings. The largest absolute Gasteiger partial charge is 0.481 e. The fraction of sp³-hybridized carbons (Fsp3) is 0.625. The molecule has 7 nitrogen and oxygen atoms in total. The first kappa shape index (κ1) is 26.0. The number of hydrogen-bond acceptors (Lipinski definition) is 4. The molecule has 1 aromatic rings. The van der Waals surface area contributed by atoms with Crippen LogP contribution in [0.3, 0.4) is 0 Å². The smallest absolute Gasteiger partial charge is 0.416 e. The molecule has 10 heteroatoms. The van der Waals surface area contributed by atoms with E-state index in [2.05, 4.69) is 10.6 Å². The van der Waals surface area contributed by atoms with Gasteiger partial charge in [-0.1, -0.05) is 6.07 Å². The van der Waals surface area contributed by atoms with Crippen LogP contribution in [0.4, 0.5) is 13.2 Å². The normalized spacial score (nSPS) is 28.1. The van der Waals surface area contributed by atoms with Crippen molar-refractivity contribution in [2.24, 2.45) is 5.41 Å². The fourth-order valence-corrected chi connectivity index (χ4v) is 5.12. The standard InChI is InChI=1S/C24H32F3N3O4/c1-22(2,3)29-16-8-9-18(23(4,13-16)21(33)34)30-11-10-17(20(30)32)28-19(31)14-6-5-7-15(12-14)24(25,26)27/h5-7,12,16-18,29H,8-11,13H2,1-4H3,(H,28,31)(H,33,34)/t16-,17?,18-,23+/m0/s1. The van der Waals surface area contributed by atoms with Gasteiger partial charge in [0.25, 0.3) is 5.91 Å². The number of benzene rings is 1. The van der Waals surface area contributed by atoms with E-state index in [0.29, 0.717) is 19.3 Å². The molecular weight excluding hydrogens is 451 g/mol. The molecule has 2 fully saturated rings. The molecule has 1 aliphatic heterocycles. The van der Waals surface area contributed by atoms with Gasteiger partial charge in [0.15, 0.2) is 0 Å². The van der Waals surface area contributed by atoms with Crippen molar-refractivity contribution in [2.45, 2.75) is 83.2 Å². The van der Waals surface area contributed by atoms with Gasteiger partial charge in [-0.15, -0.1) is 0 Å². The Balaban J connectivity index is 1.72. The Kier molecular flexibility index (Phi) is 7.04. The first-order valence-corrected chi connectivity index (χ1v) is 11.4. The third kappa shape index (κ3) is 5.54. The number of aliphatic carboxylic acids is 1. The molecule has 0 aromatic heterocycles. The average Bonchev–Trinajstić information content (AvgIpc) is 3.06. The maximum atomic E-state index is 13.1. The van der Waals surface area contributed by atoms with Crippen LogP contribution in [0.1, 0.15) is 69.3 Å². The summed E-state index contributed by atoms with van der Waals surface area (Å²) >= 11 is 0. The zero-order valence-electron chi connectivity index (χ0n) is 19.8. The van der Waals surface area contributed by atoms with Gasteiger partial charge >= 0.3 is 12.1 Å². The summed E-state index contributed by atoms with van der Waals surface area (Å²) in [6.45, 7) is 7.96. The maximum absolute atomic E-state index is 13.1. The van der Waals surface area contributed by atoms with Crippen LogP contribution in [0.5, 0.6) is 0 Å². The minimum atomic E-state index is -4.59. The van der Waals surface area contributed by atoms with E-state index in [1.165, 1.54) is 11.0 Å². The van der Waals surface area contributed by atoms with Crippen LogP contribution < -0.4 is 10.6 Å². The lowest BCUT2D eigenvalue weighted by Gasteiger charge is -2.47. The summed E-state index contributed by atoms with van der Waals surface area (Å²) in [6, 6.07) is 2.56. The molecule has 4 atom stereocenters. The number of rotatable bonds is 5. The summed E-state index contributed by atoms with van der Waals surface area (Å²) < 4.78 is 38.9. The lowest BCUT2D eigenvalue weighted by Crippen LogP contribution is -2.59. The second kappa shape index (κ2) is 9.20. The molecule has 1 heterocycles. The van der Waals surface area contributed by atoms with Crippen LogP contribution in [0, 0.1) is 5.41 Å². The van der Waals surface area contributed by atoms with E-state index in [1.54, 1.807) is 6.92 Å². The minimum absolute atomic E-state index is 0.00790. The van der Waals surface area contributed by atoms with Crippen molar-refractivity contribution in [3.63, 3.8) is 0 Å². The van der Waals surface area contributed by atoms with Crippen molar-refractivity contribution >= 4 is 17.8 Å². The number of carboxylic acid groups (broad SMARTS) is 1. The SMILES string of the molecule is CC(C)(C)N[C@H]1CC[C@H](N2CCC(NC(=O)c3cccc(C(F)(F)F)c3)C2=O)[C@](C)(C(=O)O)C1. The third-order valence-corrected chi connectivity index (χ3v) is 6.69. The molecule has 1 unspecified atom stereocenters. The van der Waals surface area contributed by atoms with E-state index in [-0.39, 0.29) is 30.1 Å². The maximum Gasteiger partial charge on any atom is 0.416 e. The molecule has 3 rings (SSSR count). The van der Waals surface area contributed by atoms with E-state index in [9.17, 15) is 32.7 Å². The number of carbonyl (C=O) groups is 3. The summed E-state index contributed by atoms with van der Waals surface area (Å²) in [6.07, 6.45) is -2.76. The Morgan fingerprint density at radius 3 is 2.41 bits per heavy atom. The van der Waals surface area contributed by atoms with Gasteiger partial charge in [0.1, 0.15) is 6.04 Å². The molecule has 0 bridgehead atoms. The van der Waals surface area contributed by atoms with Crippen LogP contribution in [-0.2, 0) is 15.8 Å². The van der Waals surface area contributed by atoms with Crippen LogP contribution in [0.2, 0.25) is 0 Å². The van der Waals surface area contributed by atoms with Gasteiger partial charge in [-0.25, -0.2) is 0 Å². The van der Waals surface area contributed by atoms with Gasteiger partial charge in [-0.2, -0.15) is 13.2 Å². The fourth-order valence-electron chi connectivity index (χ4n) is 5.12. The van der Waals surface area contributed by atoms with E-state index in [0.717, 1.165) is 18.2 Å². The molecule has 0 spiro atoms. The Labute approximate surface area is 197 Å². The molecule has 3 N–H and O–H groups in total. The van der Waals surface area contributed by atoms with E-state index in [4.69, 9.17) is 0 Å². The van der Waals surface area contributed by atoms with Crippen LogP contribution in [0.25, 0.3) is 0 Å². The highest BCUT2D eigenvalue weighted by Gasteiger charge is 2.52. The van der Waals surface area contributed by atoms with Crippen molar-refractivity contribution in [3.8, 4) is 0 Å². The number of nitrogens with zero attached hydrogens (tertiary/aromatic N) is 1. The predicted molar refractivity (Wildman–Crippen MR) is 119 cm³/mol. The molecule has 2 amide bonds. The van der Waals surface area contributed by atoms with Gasteiger partial charge in [0.2, 0.25) is 5.91 Å². The third-order valence-electron chi connectivity index (χ3n) is 6.69.